The molecule has 3 saturated heterocycles. The third kappa shape index (κ3) is 9.44. The van der Waals surface area contributed by atoms with Crippen LogP contribution in [-0.4, -0.2) is 137 Å². The fraction of sp³-hybridized carbons (Fsp3) is 0.449. The predicted octanol–water partition coefficient (Wildman–Crippen LogP) is 4.56. The number of anilines is 1. The number of pyridine rings is 1. The maximum Gasteiger partial charge on any atom is 0.418 e. The molecule has 69 heavy (non-hydrogen) atoms. The monoisotopic (exact) mass is 948 g/mol. The van der Waals surface area contributed by atoms with Gasteiger partial charge in [0.25, 0.3) is 5.91 Å². The van der Waals surface area contributed by atoms with E-state index < -0.39 is 29.4 Å². The molecule has 6 aromatic rings. The number of carbonyl (C=O) groups is 3. The number of piperidine rings is 2. The van der Waals surface area contributed by atoms with Crippen molar-refractivity contribution in [3.63, 3.8) is 0 Å². The molecule has 3 amide bonds. The minimum absolute atomic E-state index is 0.158. The average molecular weight is 949 g/mol. The Morgan fingerprint density at radius 3 is 2.43 bits per heavy atom. The highest BCUT2D eigenvalue weighted by Crippen LogP contribution is 2.36. The summed E-state index contributed by atoms with van der Waals surface area (Å²) in [6.45, 7) is 11.1. The van der Waals surface area contributed by atoms with Gasteiger partial charge < -0.3 is 28.6 Å². The summed E-state index contributed by atoms with van der Waals surface area (Å²) in [5.74, 6) is 0.588. The van der Waals surface area contributed by atoms with Crippen molar-refractivity contribution in [3.05, 3.63) is 118 Å². The van der Waals surface area contributed by atoms with Crippen LogP contribution in [0.3, 0.4) is 0 Å². The molecule has 0 unspecified atom stereocenters. The molecule has 0 saturated carbocycles. The second-order valence-electron chi connectivity index (χ2n) is 18.7. The van der Waals surface area contributed by atoms with E-state index >= 15 is 0 Å². The standard InChI is InChI=1S/C49H55F3N12O5/c1-32(44-56-54-31-57(44)2)34-4-3-5-38(24-34)62-30-42-40(49(50,51)52)26-36(29-64(42)48(62)68)45-53-12-15-61(45)21-23-69-22-20-58-13-10-33(11-14-58)27-59-16-18-60(19-17-59)37-6-7-39-35(25-37)28-63(47(39)67)41-8-9-43(65)55-46(41)66/h3-7,12,15,24-26,29-33,41H,8-11,13-14,16-23,27-28H2,1-2H3,(H,55,65,66)/t32-,41+/m1/s1. The number of amides is 3. The largest absolute Gasteiger partial charge is 0.418 e. The third-order valence-corrected chi connectivity index (χ3v) is 14.3. The van der Waals surface area contributed by atoms with Crippen LogP contribution in [0.4, 0.5) is 18.9 Å². The van der Waals surface area contributed by atoms with Gasteiger partial charge in [-0.2, -0.15) is 13.2 Å². The van der Waals surface area contributed by atoms with Crippen LogP contribution in [0.1, 0.15) is 71.4 Å². The zero-order valence-corrected chi connectivity index (χ0v) is 38.6. The minimum atomic E-state index is -4.74. The van der Waals surface area contributed by atoms with Gasteiger partial charge in [-0.3, -0.25) is 33.6 Å². The van der Waals surface area contributed by atoms with E-state index in [4.69, 9.17) is 4.74 Å². The first-order valence-electron chi connectivity index (χ1n) is 23.6. The SMILES string of the molecule is C[C@H](c1cccc(-n2cc3c(C(F)(F)F)cc(-c4nccn4CCOCCN4CCC(CN5CCN(c6ccc7c(c6)CN([C@H]6CCC(=O)NC6=O)C7=O)CC5)CC4)cn3c2=O)c1)c1nncn1C. The lowest BCUT2D eigenvalue weighted by Crippen LogP contribution is -2.52. The number of nitrogens with zero attached hydrogens (tertiary/aromatic N) is 11. The van der Waals surface area contributed by atoms with Gasteiger partial charge in [0.1, 0.15) is 24.0 Å². The Hall–Kier alpha value is -6.64. The van der Waals surface area contributed by atoms with Gasteiger partial charge in [0.2, 0.25) is 11.8 Å². The van der Waals surface area contributed by atoms with Gasteiger partial charge in [-0.05, 0) is 85.8 Å². The van der Waals surface area contributed by atoms with Gasteiger partial charge >= 0.3 is 11.9 Å². The summed E-state index contributed by atoms with van der Waals surface area (Å²) in [5, 5.41) is 10.5. The highest BCUT2D eigenvalue weighted by molar-refractivity contribution is 6.05. The van der Waals surface area contributed by atoms with E-state index in [9.17, 15) is 32.3 Å². The molecule has 2 aromatic carbocycles. The lowest BCUT2D eigenvalue weighted by molar-refractivity contribution is -0.137. The third-order valence-electron chi connectivity index (χ3n) is 14.3. The highest BCUT2D eigenvalue weighted by atomic mass is 19.4. The number of halogens is 3. The molecule has 3 fully saturated rings. The second kappa shape index (κ2) is 19.0. The number of piperazine rings is 1. The van der Waals surface area contributed by atoms with Crippen molar-refractivity contribution in [2.75, 3.05) is 70.5 Å². The Labute approximate surface area is 396 Å². The maximum atomic E-state index is 14.7. The lowest BCUT2D eigenvalue weighted by atomic mass is 9.96. The molecule has 4 aromatic heterocycles. The van der Waals surface area contributed by atoms with Crippen LogP contribution in [0.5, 0.6) is 0 Å². The van der Waals surface area contributed by atoms with E-state index in [1.807, 2.05) is 32.2 Å². The number of aryl methyl sites for hydroxylation is 1. The van der Waals surface area contributed by atoms with Crippen LogP contribution in [-0.2, 0) is 40.6 Å². The first kappa shape index (κ1) is 46.1. The van der Waals surface area contributed by atoms with Crippen LogP contribution < -0.4 is 15.9 Å². The number of hydrogen-bond donors (Lipinski definition) is 1. The number of likely N-dealkylation sites (tertiary alicyclic amines) is 1. The summed E-state index contributed by atoms with van der Waals surface area (Å²) < 4.78 is 55.9. The second-order valence-corrected chi connectivity index (χ2v) is 18.7. The minimum Gasteiger partial charge on any atom is -0.378 e. The molecule has 17 nitrogen and oxygen atoms in total. The molecule has 362 valence electrons. The first-order chi connectivity index (χ1) is 33.3. The van der Waals surface area contributed by atoms with E-state index in [1.54, 1.807) is 44.8 Å². The molecular formula is C49H55F3N12O5. The summed E-state index contributed by atoms with van der Waals surface area (Å²) >= 11 is 0. The number of ether oxygens (including phenoxy) is 1. The van der Waals surface area contributed by atoms with Crippen molar-refractivity contribution >= 4 is 28.9 Å². The quantitative estimate of drug-likeness (QED) is 0.121. The number of carbonyl (C=O) groups excluding carboxylic acids is 3. The normalized spacial score (nSPS) is 19.2. The van der Waals surface area contributed by atoms with Gasteiger partial charge in [0.15, 0.2) is 0 Å². The Morgan fingerprint density at radius 1 is 0.884 bits per heavy atom. The van der Waals surface area contributed by atoms with Crippen LogP contribution in [0.2, 0.25) is 0 Å². The molecule has 20 heteroatoms. The molecule has 2 atom stereocenters. The predicted molar refractivity (Wildman–Crippen MR) is 249 cm³/mol. The van der Waals surface area contributed by atoms with E-state index in [2.05, 4.69) is 41.3 Å². The Balaban J connectivity index is 0.686. The molecular weight excluding hydrogens is 894 g/mol. The zero-order valence-electron chi connectivity index (χ0n) is 38.6. The van der Waals surface area contributed by atoms with E-state index in [0.29, 0.717) is 61.5 Å². The molecule has 0 spiro atoms. The number of benzene rings is 2. The number of nitrogens with one attached hydrogen (secondary N) is 1. The Bertz CT molecular complexity index is 2940. The van der Waals surface area contributed by atoms with Gasteiger partial charge in [-0.1, -0.05) is 19.1 Å². The molecule has 4 aliphatic heterocycles. The van der Waals surface area contributed by atoms with Crippen molar-refractivity contribution < 1.29 is 32.3 Å². The van der Waals surface area contributed by atoms with Gasteiger partial charge in [-0.25, -0.2) is 9.78 Å². The van der Waals surface area contributed by atoms with Gasteiger partial charge in [0, 0.05) is 113 Å². The molecule has 1 N–H and O–H groups in total. The van der Waals surface area contributed by atoms with E-state index in [0.717, 1.165) is 92.5 Å². The van der Waals surface area contributed by atoms with Gasteiger partial charge in [0.05, 0.1) is 30.0 Å². The molecule has 0 radical (unpaired) electrons. The highest BCUT2D eigenvalue weighted by Gasteiger charge is 2.40. The summed E-state index contributed by atoms with van der Waals surface area (Å²) in [6.07, 6.45) is 5.54. The number of imidazole rings is 2. The van der Waals surface area contributed by atoms with Crippen LogP contribution in [0.25, 0.3) is 22.6 Å². The zero-order chi connectivity index (χ0) is 48.0. The smallest absolute Gasteiger partial charge is 0.378 e. The van der Waals surface area contributed by atoms with Crippen LogP contribution in [0, 0.1) is 5.92 Å². The van der Waals surface area contributed by atoms with Crippen molar-refractivity contribution in [1.29, 1.82) is 0 Å². The summed E-state index contributed by atoms with van der Waals surface area (Å²) in [7, 11) is 1.83. The maximum absolute atomic E-state index is 14.7. The summed E-state index contributed by atoms with van der Waals surface area (Å²) in [6, 6.07) is 13.5. The van der Waals surface area contributed by atoms with Crippen molar-refractivity contribution in [2.45, 2.75) is 63.8 Å². The van der Waals surface area contributed by atoms with Crippen molar-refractivity contribution in [1.82, 2.24) is 53.3 Å². The topological polar surface area (TPSA) is 160 Å². The number of imide groups is 1. The summed E-state index contributed by atoms with van der Waals surface area (Å²) in [5.41, 5.74) is 2.21. The van der Waals surface area contributed by atoms with Gasteiger partial charge in [-0.15, -0.1) is 10.2 Å². The Kier molecular flexibility index (Phi) is 12.7. The lowest BCUT2D eigenvalue weighted by Gasteiger charge is -2.39. The average Bonchev–Trinajstić information content (AvgIpc) is 4.14. The van der Waals surface area contributed by atoms with Crippen LogP contribution >= 0.6 is 0 Å². The summed E-state index contributed by atoms with van der Waals surface area (Å²) in [4.78, 5) is 64.5. The van der Waals surface area contributed by atoms with Crippen molar-refractivity contribution in [3.8, 4) is 17.1 Å². The Morgan fingerprint density at radius 2 is 1.68 bits per heavy atom. The number of aromatic nitrogens is 7. The number of rotatable bonds is 14. The number of hydrogen-bond acceptors (Lipinski definition) is 11. The molecule has 4 aliphatic rings. The molecule has 0 aliphatic carbocycles. The number of alkyl halides is 3. The van der Waals surface area contributed by atoms with Crippen molar-refractivity contribution in [2.24, 2.45) is 13.0 Å². The van der Waals surface area contributed by atoms with E-state index in [1.165, 1.54) is 23.2 Å². The molecule has 0 bridgehead atoms. The fourth-order valence-electron chi connectivity index (χ4n) is 10.4. The molecule has 10 rings (SSSR count). The molecule has 8 heterocycles. The first-order valence-corrected chi connectivity index (χ1v) is 23.6. The van der Waals surface area contributed by atoms with Crippen LogP contribution in [0.15, 0.2) is 84.4 Å². The van der Waals surface area contributed by atoms with E-state index in [-0.39, 0.29) is 35.2 Å². The number of fused-ring (bicyclic) bond motifs is 2. The fourth-order valence-corrected chi connectivity index (χ4v) is 10.4.